The van der Waals surface area contributed by atoms with Crippen LogP contribution in [0.15, 0.2) is 24.3 Å². The molecule has 2 heterocycles. The zero-order chi connectivity index (χ0) is 19.1. The van der Waals surface area contributed by atoms with Gasteiger partial charge in [-0.05, 0) is 32.9 Å². The van der Waals surface area contributed by atoms with Crippen molar-refractivity contribution < 1.29 is 28.8 Å². The van der Waals surface area contributed by atoms with Gasteiger partial charge in [-0.1, -0.05) is 17.2 Å². The van der Waals surface area contributed by atoms with Crippen LogP contribution in [0.2, 0.25) is 0 Å². The Balaban J connectivity index is 1.71. The monoisotopic (exact) mass is 378 g/mol. The molecule has 1 fully saturated rings. The number of nitrogens with zero attached hydrogens (tertiary/aromatic N) is 2. The van der Waals surface area contributed by atoms with Gasteiger partial charge in [0.05, 0.1) is 17.0 Å². The van der Waals surface area contributed by atoms with Crippen LogP contribution < -0.4 is 0 Å². The fraction of sp³-hybridized carbons (Fsp3) is 0.412. The van der Waals surface area contributed by atoms with Crippen LogP contribution in [-0.4, -0.2) is 57.1 Å². The summed E-state index contributed by atoms with van der Waals surface area (Å²) in [4.78, 5) is 55.6. The SMILES string of the molecule is CC(C)(C)OC(=O)N1CSC[C@H]1C(=O)ON1C(=O)c2ccccc2C1=O. The summed E-state index contributed by atoms with van der Waals surface area (Å²) in [5, 5.41) is 0.448. The molecule has 0 bridgehead atoms. The van der Waals surface area contributed by atoms with Crippen molar-refractivity contribution in [3.8, 4) is 0 Å². The van der Waals surface area contributed by atoms with E-state index in [1.807, 2.05) is 0 Å². The average Bonchev–Trinajstić information content (AvgIpc) is 3.14. The lowest BCUT2D eigenvalue weighted by atomic mass is 10.1. The summed E-state index contributed by atoms with van der Waals surface area (Å²) in [6, 6.07) is 5.28. The highest BCUT2D eigenvalue weighted by Gasteiger charge is 2.43. The minimum atomic E-state index is -0.931. The van der Waals surface area contributed by atoms with E-state index in [1.165, 1.54) is 28.8 Å². The van der Waals surface area contributed by atoms with Crippen molar-refractivity contribution in [2.24, 2.45) is 0 Å². The molecule has 3 amide bonds. The molecule has 0 N–H and O–H groups in total. The summed E-state index contributed by atoms with van der Waals surface area (Å²) >= 11 is 1.36. The van der Waals surface area contributed by atoms with Crippen LogP contribution in [0.5, 0.6) is 0 Å². The number of carbonyl (C=O) groups excluding carboxylic acids is 4. The highest BCUT2D eigenvalue weighted by Crippen LogP contribution is 2.27. The van der Waals surface area contributed by atoms with Gasteiger partial charge in [0.25, 0.3) is 11.8 Å². The fourth-order valence-corrected chi connectivity index (χ4v) is 3.67. The lowest BCUT2D eigenvalue weighted by Crippen LogP contribution is -2.47. The number of benzene rings is 1. The van der Waals surface area contributed by atoms with Crippen LogP contribution in [0, 0.1) is 0 Å². The van der Waals surface area contributed by atoms with E-state index in [0.29, 0.717) is 10.8 Å². The van der Waals surface area contributed by atoms with E-state index in [9.17, 15) is 19.2 Å². The van der Waals surface area contributed by atoms with E-state index in [-0.39, 0.29) is 17.0 Å². The predicted molar refractivity (Wildman–Crippen MR) is 92.2 cm³/mol. The molecular formula is C17H18N2O6S. The number of carbonyl (C=O) groups is 4. The highest BCUT2D eigenvalue weighted by molar-refractivity contribution is 7.99. The highest BCUT2D eigenvalue weighted by atomic mass is 32.2. The maximum Gasteiger partial charge on any atom is 0.411 e. The number of imide groups is 1. The molecule has 138 valence electrons. The Labute approximate surface area is 154 Å². The standard InChI is InChI=1S/C17H18N2O6S/c1-17(2,3)24-16(23)18-9-26-8-12(18)15(22)25-19-13(20)10-6-4-5-7-11(10)14(19)21/h4-7,12H,8-9H2,1-3H3/t12-/m0/s1. The van der Waals surface area contributed by atoms with Gasteiger partial charge in [0.15, 0.2) is 0 Å². The smallest absolute Gasteiger partial charge is 0.411 e. The van der Waals surface area contributed by atoms with Gasteiger partial charge in [-0.15, -0.1) is 11.8 Å². The van der Waals surface area contributed by atoms with Crippen LogP contribution in [0.1, 0.15) is 41.5 Å². The average molecular weight is 378 g/mol. The second kappa shape index (κ2) is 6.64. The molecule has 3 rings (SSSR count). The second-order valence-electron chi connectivity index (χ2n) is 6.83. The van der Waals surface area contributed by atoms with Gasteiger partial charge in [-0.3, -0.25) is 14.5 Å². The second-order valence-corrected chi connectivity index (χ2v) is 7.83. The zero-order valence-electron chi connectivity index (χ0n) is 14.6. The van der Waals surface area contributed by atoms with Gasteiger partial charge in [-0.2, -0.15) is 0 Å². The minimum Gasteiger partial charge on any atom is -0.444 e. The normalized spacial score (nSPS) is 19.6. The maximum absolute atomic E-state index is 12.5. The summed E-state index contributed by atoms with van der Waals surface area (Å²) in [5.74, 6) is -1.70. The molecule has 0 unspecified atom stereocenters. The van der Waals surface area contributed by atoms with Gasteiger partial charge in [0, 0.05) is 5.75 Å². The van der Waals surface area contributed by atoms with E-state index in [2.05, 4.69) is 0 Å². The van der Waals surface area contributed by atoms with E-state index in [1.54, 1.807) is 32.9 Å². The molecule has 1 aromatic carbocycles. The summed E-state index contributed by atoms with van der Waals surface area (Å²) in [6.45, 7) is 5.17. The van der Waals surface area contributed by atoms with Gasteiger partial charge < -0.3 is 9.57 Å². The van der Waals surface area contributed by atoms with Crippen molar-refractivity contribution in [1.82, 2.24) is 9.96 Å². The number of thioether (sulfide) groups is 1. The Hall–Kier alpha value is -2.55. The third-order valence-corrected chi connectivity index (χ3v) is 4.73. The fourth-order valence-electron chi connectivity index (χ4n) is 2.54. The molecule has 26 heavy (non-hydrogen) atoms. The lowest BCUT2D eigenvalue weighted by Gasteiger charge is -2.27. The first kappa shape index (κ1) is 18.2. The molecule has 1 saturated heterocycles. The molecule has 8 nitrogen and oxygen atoms in total. The number of amides is 3. The van der Waals surface area contributed by atoms with Gasteiger partial charge in [0.2, 0.25) is 0 Å². The van der Waals surface area contributed by atoms with Crippen molar-refractivity contribution in [2.45, 2.75) is 32.4 Å². The molecule has 0 radical (unpaired) electrons. The molecule has 2 aliphatic heterocycles. The van der Waals surface area contributed by atoms with Crippen molar-refractivity contribution >= 4 is 35.6 Å². The molecule has 9 heteroatoms. The minimum absolute atomic E-state index is 0.176. The van der Waals surface area contributed by atoms with Crippen molar-refractivity contribution in [3.05, 3.63) is 35.4 Å². The van der Waals surface area contributed by atoms with Crippen LogP contribution in [-0.2, 0) is 14.4 Å². The Kier molecular flexibility index (Phi) is 4.66. The number of hydroxylamine groups is 2. The van der Waals surface area contributed by atoms with E-state index >= 15 is 0 Å². The molecule has 2 aliphatic rings. The molecule has 0 spiro atoms. The summed E-state index contributed by atoms with van der Waals surface area (Å²) in [7, 11) is 0. The van der Waals surface area contributed by atoms with E-state index in [0.717, 1.165) is 0 Å². The summed E-state index contributed by atoms with van der Waals surface area (Å²) < 4.78 is 5.28. The molecule has 1 aromatic rings. The molecule has 0 aliphatic carbocycles. The van der Waals surface area contributed by atoms with E-state index < -0.39 is 35.5 Å². The number of hydrogen-bond donors (Lipinski definition) is 0. The Morgan fingerprint density at radius 3 is 2.23 bits per heavy atom. The molecular weight excluding hydrogens is 360 g/mol. The van der Waals surface area contributed by atoms with Gasteiger partial charge in [-0.25, -0.2) is 9.59 Å². The number of hydrogen-bond acceptors (Lipinski definition) is 7. The third-order valence-electron chi connectivity index (χ3n) is 3.72. The first-order valence-corrected chi connectivity index (χ1v) is 9.11. The number of rotatable bonds is 2. The number of ether oxygens (including phenoxy) is 1. The zero-order valence-corrected chi connectivity index (χ0v) is 15.4. The Bertz CT molecular complexity index is 753. The Morgan fingerprint density at radius 1 is 1.12 bits per heavy atom. The lowest BCUT2D eigenvalue weighted by molar-refractivity contribution is -0.173. The van der Waals surface area contributed by atoms with Crippen molar-refractivity contribution in [3.63, 3.8) is 0 Å². The van der Waals surface area contributed by atoms with Crippen molar-refractivity contribution in [1.29, 1.82) is 0 Å². The van der Waals surface area contributed by atoms with Crippen LogP contribution in [0.4, 0.5) is 4.79 Å². The molecule has 0 saturated carbocycles. The van der Waals surface area contributed by atoms with Gasteiger partial charge >= 0.3 is 12.1 Å². The van der Waals surface area contributed by atoms with Crippen LogP contribution >= 0.6 is 11.8 Å². The molecule has 0 aromatic heterocycles. The topological polar surface area (TPSA) is 93.2 Å². The first-order chi connectivity index (χ1) is 12.2. The number of fused-ring (bicyclic) bond motifs is 1. The van der Waals surface area contributed by atoms with Crippen LogP contribution in [0.25, 0.3) is 0 Å². The van der Waals surface area contributed by atoms with Gasteiger partial charge in [0.1, 0.15) is 11.6 Å². The molecule has 1 atom stereocenters. The first-order valence-electron chi connectivity index (χ1n) is 7.96. The Morgan fingerprint density at radius 2 is 1.69 bits per heavy atom. The third kappa shape index (κ3) is 3.39. The largest absolute Gasteiger partial charge is 0.444 e. The maximum atomic E-state index is 12.5. The van der Waals surface area contributed by atoms with E-state index in [4.69, 9.17) is 9.57 Å². The van der Waals surface area contributed by atoms with Crippen LogP contribution in [0.3, 0.4) is 0 Å². The quantitative estimate of drug-likeness (QED) is 0.727. The van der Waals surface area contributed by atoms with Crippen molar-refractivity contribution in [2.75, 3.05) is 11.6 Å². The summed E-state index contributed by atoms with van der Waals surface area (Å²) in [6.07, 6.45) is -0.646. The predicted octanol–water partition coefficient (Wildman–Crippen LogP) is 2.05. The summed E-state index contributed by atoms with van der Waals surface area (Å²) in [5.41, 5.74) is -0.355.